The maximum Gasteiger partial charge on any atom is 0.387 e. The predicted molar refractivity (Wildman–Crippen MR) is 98.7 cm³/mol. The minimum Gasteiger partial charge on any atom is -0.493 e. The number of halogens is 2. The highest BCUT2D eigenvalue weighted by molar-refractivity contribution is 6.13. The second kappa shape index (κ2) is 7.84. The maximum absolute atomic E-state index is 12.9. The maximum atomic E-state index is 12.9. The molecule has 0 unspecified atom stereocenters. The molecule has 6 nitrogen and oxygen atoms in total. The summed E-state index contributed by atoms with van der Waals surface area (Å²) in [5.41, 5.74) is 2.24. The Labute approximate surface area is 161 Å². The third kappa shape index (κ3) is 3.76. The van der Waals surface area contributed by atoms with Crippen LogP contribution in [0.3, 0.4) is 0 Å². The average Bonchev–Trinajstić information content (AvgIpc) is 2.87. The number of hydrogen-bond acceptors (Lipinski definition) is 4. The van der Waals surface area contributed by atoms with Crippen molar-refractivity contribution in [3.63, 3.8) is 0 Å². The Bertz CT molecular complexity index is 886. The monoisotopic (exact) mass is 390 g/mol. The first-order valence-electron chi connectivity index (χ1n) is 8.64. The number of rotatable bonds is 6. The second-order valence-corrected chi connectivity index (χ2v) is 6.45. The number of ether oxygens (including phenoxy) is 2. The van der Waals surface area contributed by atoms with Gasteiger partial charge in [-0.3, -0.25) is 14.6 Å². The largest absolute Gasteiger partial charge is 0.493 e. The fraction of sp³-hybridized carbons (Fsp3) is 0.300. The number of methoxy groups -OCH3 is 1. The van der Waals surface area contributed by atoms with Gasteiger partial charge >= 0.3 is 12.6 Å². The molecule has 0 N–H and O–H groups in total. The normalized spacial score (nSPS) is 16.9. The zero-order chi connectivity index (χ0) is 20.4. The van der Waals surface area contributed by atoms with E-state index >= 15 is 0 Å². The van der Waals surface area contributed by atoms with E-state index in [1.54, 1.807) is 19.1 Å². The lowest BCUT2D eigenvalue weighted by molar-refractivity contribution is -0.127. The molecule has 1 atom stereocenters. The predicted octanol–water partition coefficient (Wildman–Crippen LogP) is 3.96. The lowest BCUT2D eigenvalue weighted by atomic mass is 10.2. The lowest BCUT2D eigenvalue weighted by Crippen LogP contribution is -2.33. The molecular weight excluding hydrogens is 370 g/mol. The summed E-state index contributed by atoms with van der Waals surface area (Å²) in [5.74, 6) is -0.354. The van der Waals surface area contributed by atoms with Crippen molar-refractivity contribution in [1.29, 1.82) is 0 Å². The zero-order valence-electron chi connectivity index (χ0n) is 15.7. The number of carbonyl (C=O) groups excluding carboxylic acids is 2. The molecule has 3 amide bonds. The molecule has 0 spiro atoms. The molecule has 1 aliphatic heterocycles. The van der Waals surface area contributed by atoms with E-state index in [9.17, 15) is 18.4 Å². The van der Waals surface area contributed by atoms with E-state index in [4.69, 9.17) is 4.74 Å². The van der Waals surface area contributed by atoms with Crippen molar-refractivity contribution >= 4 is 17.6 Å². The van der Waals surface area contributed by atoms with Gasteiger partial charge in [-0.05, 0) is 43.7 Å². The van der Waals surface area contributed by atoms with Crippen LogP contribution < -0.4 is 14.4 Å². The van der Waals surface area contributed by atoms with Crippen LogP contribution in [-0.2, 0) is 11.3 Å². The van der Waals surface area contributed by atoms with Crippen molar-refractivity contribution in [1.82, 2.24) is 4.90 Å². The van der Waals surface area contributed by atoms with Crippen LogP contribution in [0.15, 0.2) is 42.5 Å². The summed E-state index contributed by atoms with van der Waals surface area (Å²) < 4.78 is 34.4. The Balaban J connectivity index is 1.83. The van der Waals surface area contributed by atoms with Gasteiger partial charge in [0.1, 0.15) is 6.04 Å². The Morgan fingerprint density at radius 1 is 1.07 bits per heavy atom. The Kier molecular flexibility index (Phi) is 5.48. The first-order valence-corrected chi connectivity index (χ1v) is 8.64. The number of carbonyl (C=O) groups is 2. The Morgan fingerprint density at radius 2 is 1.75 bits per heavy atom. The molecular formula is C20H20F2N2O4. The van der Waals surface area contributed by atoms with Crippen molar-refractivity contribution in [2.24, 2.45) is 0 Å². The Morgan fingerprint density at radius 3 is 2.36 bits per heavy atom. The van der Waals surface area contributed by atoms with Crippen LogP contribution in [0, 0.1) is 6.92 Å². The van der Waals surface area contributed by atoms with Gasteiger partial charge < -0.3 is 9.47 Å². The zero-order valence-corrected chi connectivity index (χ0v) is 15.7. The third-order valence-electron chi connectivity index (χ3n) is 4.54. The van der Waals surface area contributed by atoms with Crippen LogP contribution >= 0.6 is 0 Å². The molecule has 2 aromatic rings. The molecule has 2 aromatic carbocycles. The summed E-state index contributed by atoms with van der Waals surface area (Å²) >= 11 is 0. The van der Waals surface area contributed by atoms with Crippen molar-refractivity contribution in [2.45, 2.75) is 33.0 Å². The van der Waals surface area contributed by atoms with Crippen molar-refractivity contribution in [3.8, 4) is 11.5 Å². The second-order valence-electron chi connectivity index (χ2n) is 6.45. The van der Waals surface area contributed by atoms with Crippen molar-refractivity contribution in [3.05, 3.63) is 53.6 Å². The standard InChI is InChI=1S/C20H20F2N2O4/c1-12-4-7-15(8-5-12)24-13(2)18(25)23(20(24)26)11-14-6-9-16(28-19(21)22)17(10-14)27-3/h4-10,13,19H,11H2,1-3H3/t13-/m0/s1. The van der Waals surface area contributed by atoms with Gasteiger partial charge in [-0.2, -0.15) is 8.78 Å². The van der Waals surface area contributed by atoms with Crippen LogP contribution in [0.1, 0.15) is 18.1 Å². The van der Waals surface area contributed by atoms with Crippen LogP contribution in [0.4, 0.5) is 19.3 Å². The number of amides is 3. The molecule has 1 heterocycles. The SMILES string of the molecule is COc1cc(CN2C(=O)[C@H](C)N(c3ccc(C)cc3)C2=O)ccc1OC(F)F. The van der Waals surface area contributed by atoms with Gasteiger partial charge in [0.15, 0.2) is 11.5 Å². The van der Waals surface area contributed by atoms with Gasteiger partial charge in [-0.15, -0.1) is 0 Å². The summed E-state index contributed by atoms with van der Waals surface area (Å²) in [6.45, 7) is 0.617. The summed E-state index contributed by atoms with van der Waals surface area (Å²) in [6, 6.07) is 10.6. The minimum atomic E-state index is -2.98. The molecule has 0 radical (unpaired) electrons. The molecule has 0 bridgehead atoms. The van der Waals surface area contributed by atoms with E-state index in [1.165, 1.54) is 30.2 Å². The highest BCUT2D eigenvalue weighted by Gasteiger charge is 2.43. The van der Waals surface area contributed by atoms with E-state index in [1.807, 2.05) is 19.1 Å². The first-order chi connectivity index (χ1) is 13.3. The number of nitrogens with zero attached hydrogens (tertiary/aromatic N) is 2. The van der Waals surface area contributed by atoms with E-state index in [-0.39, 0.29) is 24.0 Å². The molecule has 148 valence electrons. The number of anilines is 1. The molecule has 3 rings (SSSR count). The van der Waals surface area contributed by atoms with Gasteiger partial charge in [-0.1, -0.05) is 23.8 Å². The fourth-order valence-corrected chi connectivity index (χ4v) is 3.10. The highest BCUT2D eigenvalue weighted by atomic mass is 19.3. The van der Waals surface area contributed by atoms with E-state index in [0.717, 1.165) is 10.5 Å². The topological polar surface area (TPSA) is 59.1 Å². The number of urea groups is 1. The molecule has 1 saturated heterocycles. The van der Waals surface area contributed by atoms with Crippen molar-refractivity contribution < 1.29 is 27.8 Å². The average molecular weight is 390 g/mol. The number of alkyl halides is 2. The lowest BCUT2D eigenvalue weighted by Gasteiger charge is -2.20. The number of hydrogen-bond donors (Lipinski definition) is 0. The summed E-state index contributed by atoms with van der Waals surface area (Å²) in [4.78, 5) is 28.1. The molecule has 1 fully saturated rings. The van der Waals surface area contributed by atoms with E-state index in [0.29, 0.717) is 11.3 Å². The molecule has 1 aliphatic rings. The third-order valence-corrected chi connectivity index (χ3v) is 4.54. The summed E-state index contributed by atoms with van der Waals surface area (Å²) in [6.07, 6.45) is 0. The quantitative estimate of drug-likeness (QED) is 0.701. The van der Waals surface area contributed by atoms with Gasteiger partial charge in [0.05, 0.1) is 13.7 Å². The molecule has 0 saturated carbocycles. The van der Waals surface area contributed by atoms with Gasteiger partial charge in [0.2, 0.25) is 0 Å². The van der Waals surface area contributed by atoms with Crippen LogP contribution in [0.25, 0.3) is 0 Å². The molecule has 0 aliphatic carbocycles. The summed E-state index contributed by atoms with van der Waals surface area (Å²) in [7, 11) is 1.32. The van der Waals surface area contributed by atoms with Gasteiger partial charge in [0.25, 0.3) is 5.91 Å². The van der Waals surface area contributed by atoms with Crippen molar-refractivity contribution in [2.75, 3.05) is 12.0 Å². The summed E-state index contributed by atoms with van der Waals surface area (Å²) in [5, 5.41) is 0. The number of aryl methyl sites for hydroxylation is 1. The molecule has 28 heavy (non-hydrogen) atoms. The fourth-order valence-electron chi connectivity index (χ4n) is 3.10. The molecule has 0 aromatic heterocycles. The highest BCUT2D eigenvalue weighted by Crippen LogP contribution is 2.32. The number of imide groups is 1. The molecule has 8 heteroatoms. The van der Waals surface area contributed by atoms with E-state index in [2.05, 4.69) is 4.74 Å². The Hall–Kier alpha value is -3.16. The first kappa shape index (κ1) is 19.6. The van der Waals surface area contributed by atoms with Crippen LogP contribution in [-0.4, -0.2) is 36.6 Å². The number of benzene rings is 2. The van der Waals surface area contributed by atoms with Crippen LogP contribution in [0.2, 0.25) is 0 Å². The van der Waals surface area contributed by atoms with Gasteiger partial charge in [-0.25, -0.2) is 4.79 Å². The minimum absolute atomic E-state index is 0.00428. The van der Waals surface area contributed by atoms with E-state index < -0.39 is 18.7 Å². The van der Waals surface area contributed by atoms with Gasteiger partial charge in [0, 0.05) is 5.69 Å². The smallest absolute Gasteiger partial charge is 0.387 e. The van der Waals surface area contributed by atoms with Crippen LogP contribution in [0.5, 0.6) is 11.5 Å².